The van der Waals surface area contributed by atoms with Gasteiger partial charge in [-0.3, -0.25) is 0 Å². The molecule has 0 aliphatic heterocycles. The number of aryl methyl sites for hydroxylation is 1. The molecule has 2 N–H and O–H groups in total. The molecule has 0 saturated carbocycles. The van der Waals surface area contributed by atoms with Crippen LogP contribution in [-0.2, 0) is 6.42 Å². The van der Waals surface area contributed by atoms with E-state index in [2.05, 4.69) is 0 Å². The standard InChI is InChI=1S/C14H20O3/c1-2-11(15)9-17-12-7-6-10-4-3-5-14(16)13(10)8-12/h6-8,11,14-16H,2-5,9H2,1H3/t11?,14-/m1/s1. The van der Waals surface area contributed by atoms with Crippen LogP contribution in [0.15, 0.2) is 18.2 Å². The summed E-state index contributed by atoms with van der Waals surface area (Å²) >= 11 is 0. The second-order valence-corrected chi connectivity index (χ2v) is 4.64. The van der Waals surface area contributed by atoms with Gasteiger partial charge >= 0.3 is 0 Å². The maximum Gasteiger partial charge on any atom is 0.119 e. The van der Waals surface area contributed by atoms with E-state index >= 15 is 0 Å². The van der Waals surface area contributed by atoms with Crippen LogP contribution in [0.1, 0.15) is 43.4 Å². The van der Waals surface area contributed by atoms with Crippen molar-refractivity contribution in [2.75, 3.05) is 6.61 Å². The Kier molecular flexibility index (Phi) is 4.02. The van der Waals surface area contributed by atoms with Crippen LogP contribution in [0.25, 0.3) is 0 Å². The molecule has 0 aromatic heterocycles. The predicted molar refractivity (Wildman–Crippen MR) is 66.1 cm³/mol. The zero-order valence-electron chi connectivity index (χ0n) is 10.2. The molecular formula is C14H20O3. The van der Waals surface area contributed by atoms with Gasteiger partial charge in [-0.25, -0.2) is 0 Å². The quantitative estimate of drug-likeness (QED) is 0.842. The topological polar surface area (TPSA) is 49.7 Å². The van der Waals surface area contributed by atoms with Gasteiger partial charge in [-0.2, -0.15) is 0 Å². The van der Waals surface area contributed by atoms with Gasteiger partial charge in [-0.1, -0.05) is 13.0 Å². The third-order valence-corrected chi connectivity index (χ3v) is 3.31. The molecule has 1 unspecified atom stereocenters. The highest BCUT2D eigenvalue weighted by atomic mass is 16.5. The van der Waals surface area contributed by atoms with Gasteiger partial charge in [0.1, 0.15) is 12.4 Å². The fourth-order valence-corrected chi connectivity index (χ4v) is 2.15. The van der Waals surface area contributed by atoms with Crippen molar-refractivity contribution in [2.24, 2.45) is 0 Å². The Morgan fingerprint density at radius 1 is 1.47 bits per heavy atom. The number of hydrogen-bond donors (Lipinski definition) is 2. The molecule has 3 nitrogen and oxygen atoms in total. The lowest BCUT2D eigenvalue weighted by Crippen LogP contribution is -2.16. The van der Waals surface area contributed by atoms with Crippen LogP contribution in [-0.4, -0.2) is 22.9 Å². The minimum Gasteiger partial charge on any atom is -0.491 e. The first-order chi connectivity index (χ1) is 8.20. The summed E-state index contributed by atoms with van der Waals surface area (Å²) in [5.41, 5.74) is 2.20. The van der Waals surface area contributed by atoms with Crippen LogP contribution in [0, 0.1) is 0 Å². The average molecular weight is 236 g/mol. The fraction of sp³-hybridized carbons (Fsp3) is 0.571. The smallest absolute Gasteiger partial charge is 0.119 e. The Balaban J connectivity index is 2.07. The molecule has 2 atom stereocenters. The minimum absolute atomic E-state index is 0.311. The SMILES string of the molecule is CCC(O)COc1ccc2c(c1)[C@H](O)CCC2. The molecule has 0 bridgehead atoms. The lowest BCUT2D eigenvalue weighted by Gasteiger charge is -2.22. The van der Waals surface area contributed by atoms with Gasteiger partial charge < -0.3 is 14.9 Å². The number of fused-ring (bicyclic) bond motifs is 1. The van der Waals surface area contributed by atoms with E-state index in [9.17, 15) is 10.2 Å². The van der Waals surface area contributed by atoms with Gasteiger partial charge in [0.05, 0.1) is 12.2 Å². The van der Waals surface area contributed by atoms with Gasteiger partial charge in [0.15, 0.2) is 0 Å². The van der Waals surface area contributed by atoms with Crippen LogP contribution in [0.2, 0.25) is 0 Å². The first kappa shape index (κ1) is 12.4. The van der Waals surface area contributed by atoms with Crippen LogP contribution in [0.4, 0.5) is 0 Å². The van der Waals surface area contributed by atoms with Crippen molar-refractivity contribution in [3.63, 3.8) is 0 Å². The molecule has 1 aromatic carbocycles. The Bertz CT molecular complexity index is 376. The molecule has 0 spiro atoms. The van der Waals surface area contributed by atoms with Gasteiger partial charge in [0, 0.05) is 0 Å². The van der Waals surface area contributed by atoms with Crippen LogP contribution < -0.4 is 4.74 Å². The molecule has 0 amide bonds. The summed E-state index contributed by atoms with van der Waals surface area (Å²) in [6.07, 6.45) is 2.81. The summed E-state index contributed by atoms with van der Waals surface area (Å²) in [6.45, 7) is 2.23. The molecule has 94 valence electrons. The van der Waals surface area contributed by atoms with Gasteiger partial charge in [0.2, 0.25) is 0 Å². The normalized spacial score (nSPS) is 20.8. The molecular weight excluding hydrogens is 216 g/mol. The summed E-state index contributed by atoms with van der Waals surface area (Å²) in [5.74, 6) is 0.734. The molecule has 17 heavy (non-hydrogen) atoms. The second-order valence-electron chi connectivity index (χ2n) is 4.64. The van der Waals surface area contributed by atoms with Crippen molar-refractivity contribution < 1.29 is 14.9 Å². The van der Waals surface area contributed by atoms with Crippen molar-refractivity contribution in [1.29, 1.82) is 0 Å². The van der Waals surface area contributed by atoms with E-state index in [-0.39, 0.29) is 6.10 Å². The summed E-state index contributed by atoms with van der Waals surface area (Å²) in [4.78, 5) is 0. The molecule has 1 aliphatic rings. The van der Waals surface area contributed by atoms with Gasteiger partial charge in [-0.05, 0) is 48.9 Å². The lowest BCUT2D eigenvalue weighted by molar-refractivity contribution is 0.104. The van der Waals surface area contributed by atoms with Crippen molar-refractivity contribution >= 4 is 0 Å². The molecule has 0 saturated heterocycles. The van der Waals surface area contributed by atoms with Crippen LogP contribution in [0.3, 0.4) is 0 Å². The Morgan fingerprint density at radius 2 is 2.29 bits per heavy atom. The number of hydrogen-bond acceptors (Lipinski definition) is 3. The number of aliphatic hydroxyl groups excluding tert-OH is 2. The van der Waals surface area contributed by atoms with Crippen LogP contribution in [0.5, 0.6) is 5.75 Å². The van der Waals surface area contributed by atoms with Gasteiger partial charge in [-0.15, -0.1) is 0 Å². The number of benzene rings is 1. The number of rotatable bonds is 4. The highest BCUT2D eigenvalue weighted by molar-refractivity contribution is 5.38. The maximum absolute atomic E-state index is 9.90. The lowest BCUT2D eigenvalue weighted by atomic mass is 9.89. The van der Waals surface area contributed by atoms with E-state index in [1.807, 2.05) is 25.1 Å². The van der Waals surface area contributed by atoms with Crippen molar-refractivity contribution in [2.45, 2.75) is 44.8 Å². The molecule has 1 aliphatic carbocycles. The average Bonchev–Trinajstić information content (AvgIpc) is 2.36. The Labute approximate surface area is 102 Å². The van der Waals surface area contributed by atoms with E-state index in [0.717, 1.165) is 30.6 Å². The van der Waals surface area contributed by atoms with Crippen molar-refractivity contribution in [3.05, 3.63) is 29.3 Å². The second kappa shape index (κ2) is 5.52. The number of aliphatic hydroxyl groups is 2. The molecule has 1 aromatic rings. The minimum atomic E-state index is -0.420. The Hall–Kier alpha value is -1.06. The third kappa shape index (κ3) is 2.99. The zero-order valence-corrected chi connectivity index (χ0v) is 10.2. The van der Waals surface area contributed by atoms with Gasteiger partial charge in [0.25, 0.3) is 0 Å². The first-order valence-corrected chi connectivity index (χ1v) is 6.32. The van der Waals surface area contributed by atoms with Crippen molar-refractivity contribution in [1.82, 2.24) is 0 Å². The van der Waals surface area contributed by atoms with E-state index < -0.39 is 6.10 Å². The fourth-order valence-electron chi connectivity index (χ4n) is 2.15. The maximum atomic E-state index is 9.90. The third-order valence-electron chi connectivity index (χ3n) is 3.31. The van der Waals surface area contributed by atoms with E-state index in [0.29, 0.717) is 13.0 Å². The first-order valence-electron chi connectivity index (χ1n) is 6.32. The molecule has 2 rings (SSSR count). The molecule has 0 fully saturated rings. The zero-order chi connectivity index (χ0) is 12.3. The summed E-state index contributed by atoms with van der Waals surface area (Å²) in [5, 5.41) is 19.3. The van der Waals surface area contributed by atoms with E-state index in [4.69, 9.17) is 4.74 Å². The molecule has 0 radical (unpaired) electrons. The van der Waals surface area contributed by atoms with Crippen molar-refractivity contribution in [3.8, 4) is 5.75 Å². The summed E-state index contributed by atoms with van der Waals surface area (Å²) in [7, 11) is 0. The predicted octanol–water partition coefficient (Wildman–Crippen LogP) is 2.21. The Morgan fingerprint density at radius 3 is 3.06 bits per heavy atom. The number of ether oxygens (including phenoxy) is 1. The highest BCUT2D eigenvalue weighted by Crippen LogP contribution is 2.32. The monoisotopic (exact) mass is 236 g/mol. The molecule has 0 heterocycles. The van der Waals surface area contributed by atoms with E-state index in [1.54, 1.807) is 0 Å². The van der Waals surface area contributed by atoms with Crippen LogP contribution >= 0.6 is 0 Å². The van der Waals surface area contributed by atoms with E-state index in [1.165, 1.54) is 5.56 Å². The summed E-state index contributed by atoms with van der Waals surface area (Å²) in [6, 6.07) is 5.84. The largest absolute Gasteiger partial charge is 0.491 e. The highest BCUT2D eigenvalue weighted by Gasteiger charge is 2.18. The summed E-state index contributed by atoms with van der Waals surface area (Å²) < 4.78 is 5.51. The molecule has 3 heteroatoms.